The van der Waals surface area contributed by atoms with E-state index in [1.165, 1.54) is 0 Å². The van der Waals surface area contributed by atoms with E-state index in [1.54, 1.807) is 18.2 Å². The topological polar surface area (TPSA) is 67.5 Å². The summed E-state index contributed by atoms with van der Waals surface area (Å²) in [4.78, 5) is 21.5. The molecule has 20 heavy (non-hydrogen) atoms. The third kappa shape index (κ3) is 3.63. The van der Waals surface area contributed by atoms with Gasteiger partial charge < -0.3 is 14.5 Å². The van der Waals surface area contributed by atoms with Crippen LogP contribution in [0.1, 0.15) is 39.1 Å². The Morgan fingerprint density at radius 2 is 2.25 bits per heavy atom. The van der Waals surface area contributed by atoms with E-state index in [-0.39, 0.29) is 18.2 Å². The van der Waals surface area contributed by atoms with Gasteiger partial charge in [0.1, 0.15) is 11.4 Å². The number of hydrogen-bond donors (Lipinski definition) is 1. The maximum Gasteiger partial charge on any atom is 0.411 e. The van der Waals surface area contributed by atoms with Crippen LogP contribution in [0.5, 0.6) is 0 Å². The van der Waals surface area contributed by atoms with Gasteiger partial charge in [0, 0.05) is 13.5 Å². The van der Waals surface area contributed by atoms with E-state index in [1.807, 2.05) is 20.8 Å². The highest BCUT2D eigenvalue weighted by Crippen LogP contribution is 2.33. The lowest BCUT2D eigenvalue weighted by atomic mass is 10.2. The van der Waals surface area contributed by atoms with Gasteiger partial charge in [-0.3, -0.25) is 4.90 Å². The van der Waals surface area contributed by atoms with Gasteiger partial charge in [-0.05, 0) is 43.4 Å². The van der Waals surface area contributed by atoms with Crippen LogP contribution in [0.2, 0.25) is 0 Å². The van der Waals surface area contributed by atoms with E-state index in [9.17, 15) is 4.79 Å². The number of methoxy groups -OCH3 is 1. The van der Waals surface area contributed by atoms with Crippen LogP contribution >= 0.6 is 22.6 Å². The second-order valence-corrected chi connectivity index (χ2v) is 7.02. The highest BCUT2D eigenvalue weighted by Gasteiger charge is 2.39. The molecule has 1 aliphatic heterocycles. The largest absolute Gasteiger partial charge is 0.444 e. The number of amides is 1. The van der Waals surface area contributed by atoms with Crippen LogP contribution in [0.3, 0.4) is 0 Å². The highest BCUT2D eigenvalue weighted by atomic mass is 127. The first-order valence-electron chi connectivity index (χ1n) is 6.53. The predicted octanol–water partition coefficient (Wildman–Crippen LogP) is 2.71. The lowest BCUT2D eigenvalue weighted by Gasteiger charge is -2.27. The van der Waals surface area contributed by atoms with Crippen molar-refractivity contribution >= 4 is 28.7 Å². The second-order valence-electron chi connectivity index (χ2n) is 5.86. The summed E-state index contributed by atoms with van der Waals surface area (Å²) >= 11 is 2.16. The Bertz CT molecular complexity index is 483. The zero-order valence-corrected chi connectivity index (χ0v) is 14.3. The van der Waals surface area contributed by atoms with Gasteiger partial charge in [0.05, 0.1) is 28.6 Å². The molecular formula is C13H20IN3O3. The van der Waals surface area contributed by atoms with Gasteiger partial charge in [0.2, 0.25) is 0 Å². The minimum Gasteiger partial charge on any atom is -0.444 e. The van der Waals surface area contributed by atoms with Gasteiger partial charge in [0.15, 0.2) is 0 Å². The normalized spacial score (nSPS) is 23.1. The minimum atomic E-state index is -0.510. The molecule has 0 aliphatic carbocycles. The van der Waals surface area contributed by atoms with Crippen molar-refractivity contribution in [2.45, 2.75) is 44.9 Å². The van der Waals surface area contributed by atoms with E-state index >= 15 is 0 Å². The van der Waals surface area contributed by atoms with Crippen LogP contribution in [0.4, 0.5) is 4.79 Å². The van der Waals surface area contributed by atoms with E-state index in [0.717, 1.165) is 15.9 Å². The fraction of sp³-hybridized carbons (Fsp3) is 0.692. The molecule has 1 fully saturated rings. The number of halogens is 1. The van der Waals surface area contributed by atoms with E-state index in [4.69, 9.17) is 9.47 Å². The van der Waals surface area contributed by atoms with Crippen LogP contribution in [0.15, 0.2) is 6.20 Å². The van der Waals surface area contributed by atoms with Crippen molar-refractivity contribution in [3.8, 4) is 0 Å². The molecule has 2 heterocycles. The van der Waals surface area contributed by atoms with Crippen molar-refractivity contribution in [3.05, 3.63) is 15.7 Å². The summed E-state index contributed by atoms with van der Waals surface area (Å²) in [5.74, 6) is 0.778. The standard InChI is InChI=1S/C13H20IN3O3/c1-13(2,3)20-12(18)17-7-8(19-4)5-9(17)11-15-6-10(14)16-11/h6,8-9H,5,7H2,1-4H3,(H,15,16)/t8-,9-/m0/s1. The molecule has 1 amide bonds. The number of aromatic amines is 1. The minimum absolute atomic E-state index is 0.00952. The smallest absolute Gasteiger partial charge is 0.411 e. The number of H-pyrrole nitrogens is 1. The summed E-state index contributed by atoms with van der Waals surface area (Å²) < 4.78 is 11.8. The Morgan fingerprint density at radius 3 is 2.75 bits per heavy atom. The molecule has 0 unspecified atom stereocenters. The third-order valence-electron chi connectivity index (χ3n) is 3.10. The van der Waals surface area contributed by atoms with Crippen LogP contribution in [-0.4, -0.2) is 46.3 Å². The fourth-order valence-electron chi connectivity index (χ4n) is 2.23. The van der Waals surface area contributed by atoms with Crippen molar-refractivity contribution < 1.29 is 14.3 Å². The average Bonchev–Trinajstić information content (AvgIpc) is 2.92. The number of nitrogens with one attached hydrogen (secondary N) is 1. The molecule has 6 nitrogen and oxygen atoms in total. The number of rotatable bonds is 2. The third-order valence-corrected chi connectivity index (χ3v) is 3.65. The molecule has 0 aromatic carbocycles. The molecule has 7 heteroatoms. The number of likely N-dealkylation sites (tertiary alicyclic amines) is 1. The summed E-state index contributed by atoms with van der Waals surface area (Å²) in [5, 5.41) is 0. The Labute approximate surface area is 132 Å². The zero-order chi connectivity index (χ0) is 14.9. The van der Waals surface area contributed by atoms with Gasteiger partial charge in [-0.15, -0.1) is 0 Å². The van der Waals surface area contributed by atoms with Gasteiger partial charge in [-0.1, -0.05) is 0 Å². The Morgan fingerprint density at radius 1 is 1.55 bits per heavy atom. The number of aromatic nitrogens is 2. The number of nitrogens with zero attached hydrogens (tertiary/aromatic N) is 2. The lowest BCUT2D eigenvalue weighted by molar-refractivity contribution is 0.0190. The van der Waals surface area contributed by atoms with Crippen molar-refractivity contribution in [3.63, 3.8) is 0 Å². The van der Waals surface area contributed by atoms with Crippen molar-refractivity contribution in [1.29, 1.82) is 0 Å². The molecule has 0 bridgehead atoms. The van der Waals surface area contributed by atoms with Crippen molar-refractivity contribution in [1.82, 2.24) is 14.9 Å². The summed E-state index contributed by atoms with van der Waals surface area (Å²) in [7, 11) is 1.66. The number of carbonyl (C=O) groups excluding carboxylic acids is 1. The molecular weight excluding hydrogens is 373 g/mol. The molecule has 0 spiro atoms. The maximum absolute atomic E-state index is 12.3. The quantitative estimate of drug-likeness (QED) is 0.785. The zero-order valence-electron chi connectivity index (χ0n) is 12.1. The number of imidazole rings is 1. The van der Waals surface area contributed by atoms with Crippen LogP contribution in [0.25, 0.3) is 0 Å². The first kappa shape index (κ1) is 15.6. The van der Waals surface area contributed by atoms with Gasteiger partial charge in [0.25, 0.3) is 0 Å². The number of hydrogen-bond acceptors (Lipinski definition) is 4. The highest BCUT2D eigenvalue weighted by molar-refractivity contribution is 14.1. The summed E-state index contributed by atoms with van der Waals surface area (Å²) in [6, 6.07) is -0.127. The molecule has 1 aromatic heterocycles. The first-order chi connectivity index (χ1) is 9.30. The number of ether oxygens (including phenoxy) is 2. The molecule has 1 aromatic rings. The molecule has 1 N–H and O–H groups in total. The van der Waals surface area contributed by atoms with E-state index < -0.39 is 5.60 Å². The monoisotopic (exact) mass is 393 g/mol. The molecule has 112 valence electrons. The average molecular weight is 393 g/mol. The van der Waals surface area contributed by atoms with Crippen LogP contribution in [-0.2, 0) is 9.47 Å². The lowest BCUT2D eigenvalue weighted by Crippen LogP contribution is -2.37. The van der Waals surface area contributed by atoms with Crippen LogP contribution in [0, 0.1) is 3.70 Å². The Kier molecular flexibility index (Phi) is 4.58. The first-order valence-corrected chi connectivity index (χ1v) is 7.61. The van der Waals surface area contributed by atoms with Gasteiger partial charge >= 0.3 is 6.09 Å². The van der Waals surface area contributed by atoms with Crippen LogP contribution < -0.4 is 0 Å². The summed E-state index contributed by atoms with van der Waals surface area (Å²) in [6.07, 6.45) is 2.16. The van der Waals surface area contributed by atoms with E-state index in [0.29, 0.717) is 6.54 Å². The Hall–Kier alpha value is -0.830. The summed E-state index contributed by atoms with van der Waals surface area (Å²) in [6.45, 7) is 6.10. The predicted molar refractivity (Wildman–Crippen MR) is 82.4 cm³/mol. The SMILES string of the molecule is CO[C@H]1C[C@@H](c2ncc(I)[nH]2)N(C(=O)OC(C)(C)C)C1. The maximum atomic E-state index is 12.3. The molecule has 0 saturated carbocycles. The van der Waals surface area contributed by atoms with Crippen molar-refractivity contribution in [2.75, 3.05) is 13.7 Å². The Balaban J connectivity index is 2.17. The summed E-state index contributed by atoms with van der Waals surface area (Å²) in [5.41, 5.74) is -0.510. The number of carbonyl (C=O) groups is 1. The molecule has 0 radical (unpaired) electrons. The van der Waals surface area contributed by atoms with Gasteiger partial charge in [-0.25, -0.2) is 9.78 Å². The van der Waals surface area contributed by atoms with Gasteiger partial charge in [-0.2, -0.15) is 0 Å². The fourth-order valence-corrected chi connectivity index (χ4v) is 2.65. The molecule has 1 saturated heterocycles. The van der Waals surface area contributed by atoms with Crippen molar-refractivity contribution in [2.24, 2.45) is 0 Å². The van der Waals surface area contributed by atoms with E-state index in [2.05, 4.69) is 32.6 Å². The molecule has 2 atom stereocenters. The molecule has 2 rings (SSSR count). The molecule has 1 aliphatic rings. The second kappa shape index (κ2) is 5.88.